The minimum atomic E-state index is 0.0836. The highest BCUT2D eigenvalue weighted by Gasteiger charge is 2.00. The Morgan fingerprint density at radius 3 is 2.47 bits per heavy atom. The number of hydrogen-bond donors (Lipinski definition) is 2. The lowest BCUT2D eigenvalue weighted by molar-refractivity contribution is 0.306. The average molecular weight is 250 g/mol. The van der Waals surface area contributed by atoms with E-state index < -0.39 is 0 Å². The van der Waals surface area contributed by atoms with Gasteiger partial charge in [-0.1, -0.05) is 17.7 Å². The first kappa shape index (κ1) is 11.6. The Kier molecular flexibility index (Phi) is 3.40. The summed E-state index contributed by atoms with van der Waals surface area (Å²) in [6, 6.07) is 12.1. The molecule has 2 rings (SSSR count). The van der Waals surface area contributed by atoms with Gasteiger partial charge in [-0.15, -0.1) is 0 Å². The second-order valence-electron chi connectivity index (χ2n) is 3.64. The number of phenols is 1. The van der Waals surface area contributed by atoms with Crippen LogP contribution in [0, 0.1) is 0 Å². The van der Waals surface area contributed by atoms with Crippen molar-refractivity contribution < 1.29 is 9.84 Å². The van der Waals surface area contributed by atoms with Crippen molar-refractivity contribution in [3.05, 3.63) is 53.1 Å². The van der Waals surface area contributed by atoms with Gasteiger partial charge in [0.15, 0.2) is 0 Å². The molecule has 0 amide bonds. The Morgan fingerprint density at radius 2 is 1.82 bits per heavy atom. The molecule has 3 N–H and O–H groups in total. The van der Waals surface area contributed by atoms with Crippen molar-refractivity contribution in [1.29, 1.82) is 0 Å². The third kappa shape index (κ3) is 3.04. The maximum Gasteiger partial charge on any atom is 0.138 e. The van der Waals surface area contributed by atoms with Gasteiger partial charge in [0.2, 0.25) is 0 Å². The lowest BCUT2D eigenvalue weighted by Gasteiger charge is -2.07. The summed E-state index contributed by atoms with van der Waals surface area (Å²) in [5.41, 5.74) is 6.83. The Morgan fingerprint density at radius 1 is 1.12 bits per heavy atom. The van der Waals surface area contributed by atoms with Crippen LogP contribution in [0.1, 0.15) is 5.56 Å². The molecule has 0 radical (unpaired) electrons. The van der Waals surface area contributed by atoms with E-state index in [2.05, 4.69) is 0 Å². The molecule has 0 heterocycles. The third-order valence-corrected chi connectivity index (χ3v) is 2.56. The lowest BCUT2D eigenvalue weighted by atomic mass is 10.2. The smallest absolute Gasteiger partial charge is 0.138 e. The van der Waals surface area contributed by atoms with Crippen LogP contribution in [-0.2, 0) is 6.61 Å². The minimum absolute atomic E-state index is 0.0836. The minimum Gasteiger partial charge on any atom is -0.506 e. The van der Waals surface area contributed by atoms with Crippen molar-refractivity contribution >= 4 is 17.3 Å². The number of rotatable bonds is 3. The summed E-state index contributed by atoms with van der Waals surface area (Å²) in [7, 11) is 0. The van der Waals surface area contributed by atoms with Crippen LogP contribution in [0.2, 0.25) is 5.02 Å². The third-order valence-electron chi connectivity index (χ3n) is 2.31. The van der Waals surface area contributed by atoms with Gasteiger partial charge in [-0.25, -0.2) is 0 Å². The number of phenolic OH excluding ortho intramolecular Hbond substituents is 1. The molecule has 0 aromatic heterocycles. The molecule has 0 saturated carbocycles. The Hall–Kier alpha value is -1.87. The van der Waals surface area contributed by atoms with E-state index in [1.807, 2.05) is 0 Å². The number of nitrogen functional groups attached to an aromatic ring is 1. The van der Waals surface area contributed by atoms with Crippen molar-refractivity contribution in [2.75, 3.05) is 5.73 Å². The first-order valence-electron chi connectivity index (χ1n) is 5.11. The highest BCUT2D eigenvalue weighted by Crippen LogP contribution is 2.22. The molecule has 0 aliphatic rings. The van der Waals surface area contributed by atoms with Crippen LogP contribution in [0.15, 0.2) is 42.5 Å². The Bertz CT molecular complexity index is 511. The number of aromatic hydroxyl groups is 1. The van der Waals surface area contributed by atoms with E-state index in [1.54, 1.807) is 42.5 Å². The maximum atomic E-state index is 9.28. The Labute approximate surface area is 104 Å². The predicted octanol–water partition coefficient (Wildman–Crippen LogP) is 3.21. The molecule has 0 bridgehead atoms. The van der Waals surface area contributed by atoms with Crippen LogP contribution in [0.3, 0.4) is 0 Å². The molecule has 0 atom stereocenters. The van der Waals surface area contributed by atoms with Gasteiger partial charge in [-0.05, 0) is 42.0 Å². The number of hydrogen-bond acceptors (Lipinski definition) is 3. The molecule has 0 aliphatic carbocycles. The summed E-state index contributed by atoms with van der Waals surface area (Å²) in [6.07, 6.45) is 0. The second-order valence-corrected chi connectivity index (χ2v) is 4.07. The van der Waals surface area contributed by atoms with Gasteiger partial charge in [-0.3, -0.25) is 0 Å². The van der Waals surface area contributed by atoms with Gasteiger partial charge in [0, 0.05) is 5.02 Å². The average Bonchev–Trinajstić information content (AvgIpc) is 2.33. The fraction of sp³-hybridized carbons (Fsp3) is 0.0769. The molecule has 0 unspecified atom stereocenters. The molecular weight excluding hydrogens is 238 g/mol. The van der Waals surface area contributed by atoms with Crippen LogP contribution in [0.25, 0.3) is 0 Å². The van der Waals surface area contributed by atoms with E-state index >= 15 is 0 Å². The zero-order valence-electron chi connectivity index (χ0n) is 9.06. The Balaban J connectivity index is 2.02. The molecule has 88 valence electrons. The van der Waals surface area contributed by atoms with Crippen LogP contribution < -0.4 is 10.5 Å². The molecule has 2 aromatic carbocycles. The molecular formula is C13H12ClNO2. The van der Waals surface area contributed by atoms with E-state index in [4.69, 9.17) is 22.1 Å². The second kappa shape index (κ2) is 4.97. The number of nitrogens with two attached hydrogens (primary N) is 1. The summed E-state index contributed by atoms with van der Waals surface area (Å²) in [4.78, 5) is 0. The quantitative estimate of drug-likeness (QED) is 0.649. The molecule has 0 saturated heterocycles. The summed E-state index contributed by atoms with van der Waals surface area (Å²) in [5.74, 6) is 0.821. The van der Waals surface area contributed by atoms with E-state index in [-0.39, 0.29) is 5.75 Å². The van der Waals surface area contributed by atoms with Crippen molar-refractivity contribution in [2.24, 2.45) is 0 Å². The molecule has 17 heavy (non-hydrogen) atoms. The first-order chi connectivity index (χ1) is 8.15. The van der Waals surface area contributed by atoms with E-state index in [0.717, 1.165) is 11.3 Å². The van der Waals surface area contributed by atoms with E-state index in [9.17, 15) is 5.11 Å². The number of anilines is 1. The van der Waals surface area contributed by atoms with Crippen LogP contribution in [0.4, 0.5) is 5.69 Å². The van der Waals surface area contributed by atoms with Crippen molar-refractivity contribution in [3.63, 3.8) is 0 Å². The standard InChI is InChI=1S/C13H12ClNO2/c14-10-2-4-11(5-3-10)17-8-9-1-6-13(16)12(15)7-9/h1-7,16H,8,15H2. The van der Waals surface area contributed by atoms with Crippen molar-refractivity contribution in [1.82, 2.24) is 0 Å². The molecule has 4 heteroatoms. The molecule has 2 aromatic rings. The number of benzene rings is 2. The largest absolute Gasteiger partial charge is 0.506 e. The van der Waals surface area contributed by atoms with E-state index in [0.29, 0.717) is 17.3 Å². The zero-order chi connectivity index (χ0) is 12.3. The summed E-state index contributed by atoms with van der Waals surface area (Å²) >= 11 is 5.77. The topological polar surface area (TPSA) is 55.5 Å². The van der Waals surface area contributed by atoms with Gasteiger partial charge < -0.3 is 15.6 Å². The highest BCUT2D eigenvalue weighted by molar-refractivity contribution is 6.30. The monoisotopic (exact) mass is 249 g/mol. The predicted molar refractivity (Wildman–Crippen MR) is 68.3 cm³/mol. The first-order valence-corrected chi connectivity index (χ1v) is 5.48. The van der Waals surface area contributed by atoms with Gasteiger partial charge in [0.25, 0.3) is 0 Å². The van der Waals surface area contributed by atoms with Gasteiger partial charge in [0.05, 0.1) is 5.69 Å². The van der Waals surface area contributed by atoms with Crippen LogP contribution in [-0.4, -0.2) is 5.11 Å². The van der Waals surface area contributed by atoms with E-state index in [1.165, 1.54) is 0 Å². The highest BCUT2D eigenvalue weighted by atomic mass is 35.5. The van der Waals surface area contributed by atoms with Crippen molar-refractivity contribution in [3.8, 4) is 11.5 Å². The van der Waals surface area contributed by atoms with Gasteiger partial charge in [0.1, 0.15) is 18.1 Å². The summed E-state index contributed by atoms with van der Waals surface area (Å²) in [5, 5.41) is 9.95. The zero-order valence-corrected chi connectivity index (χ0v) is 9.82. The molecule has 3 nitrogen and oxygen atoms in total. The van der Waals surface area contributed by atoms with Crippen LogP contribution >= 0.6 is 11.6 Å². The normalized spacial score (nSPS) is 10.2. The summed E-state index contributed by atoms with van der Waals surface area (Å²) in [6.45, 7) is 0.395. The SMILES string of the molecule is Nc1cc(COc2ccc(Cl)cc2)ccc1O. The fourth-order valence-corrected chi connectivity index (χ4v) is 1.52. The van der Waals surface area contributed by atoms with Crippen LogP contribution in [0.5, 0.6) is 11.5 Å². The molecule has 0 aliphatic heterocycles. The lowest BCUT2D eigenvalue weighted by Crippen LogP contribution is -1.96. The molecule has 0 spiro atoms. The maximum absolute atomic E-state index is 9.28. The number of halogens is 1. The van der Waals surface area contributed by atoms with Gasteiger partial charge >= 0.3 is 0 Å². The summed E-state index contributed by atoms with van der Waals surface area (Å²) < 4.78 is 5.55. The van der Waals surface area contributed by atoms with Crippen molar-refractivity contribution in [2.45, 2.75) is 6.61 Å². The number of ether oxygens (including phenoxy) is 1. The van der Waals surface area contributed by atoms with Gasteiger partial charge in [-0.2, -0.15) is 0 Å². The molecule has 0 fully saturated rings. The fourth-order valence-electron chi connectivity index (χ4n) is 1.39.